The van der Waals surface area contributed by atoms with Crippen LogP contribution in [0.25, 0.3) is 0 Å². The number of hydrogen-bond donors (Lipinski definition) is 2. The van der Waals surface area contributed by atoms with E-state index in [4.69, 9.17) is 0 Å². The van der Waals surface area contributed by atoms with Crippen molar-refractivity contribution in [2.45, 2.75) is 39.4 Å². The molecule has 0 saturated carbocycles. The average molecular weight is 409 g/mol. The first-order valence-electron chi connectivity index (χ1n) is 9.82. The second-order valence-corrected chi connectivity index (χ2v) is 7.45. The first-order chi connectivity index (χ1) is 14.4. The molecule has 1 aliphatic heterocycles. The van der Waals surface area contributed by atoms with Gasteiger partial charge >= 0.3 is 0 Å². The molecule has 1 aromatic carbocycles. The van der Waals surface area contributed by atoms with Gasteiger partial charge in [-0.2, -0.15) is 10.1 Å². The molecule has 9 heteroatoms. The highest BCUT2D eigenvalue weighted by Crippen LogP contribution is 2.32. The van der Waals surface area contributed by atoms with Crippen molar-refractivity contribution >= 4 is 23.4 Å². The van der Waals surface area contributed by atoms with Gasteiger partial charge in [0.1, 0.15) is 17.5 Å². The second kappa shape index (κ2) is 8.10. The van der Waals surface area contributed by atoms with Gasteiger partial charge in [0, 0.05) is 31.9 Å². The molecular formula is C21H24FN7O. The SMILES string of the molecule is Cc1nc(NCc2cnn(CCc3ccc(F)cc3)c2)nc2c1NC(=O)[C@H](C)N2C. The van der Waals surface area contributed by atoms with Crippen molar-refractivity contribution in [1.82, 2.24) is 19.7 Å². The fourth-order valence-corrected chi connectivity index (χ4v) is 3.32. The molecule has 0 unspecified atom stereocenters. The van der Waals surface area contributed by atoms with Gasteiger partial charge in [0.25, 0.3) is 0 Å². The lowest BCUT2D eigenvalue weighted by Crippen LogP contribution is -2.44. The van der Waals surface area contributed by atoms with Crippen LogP contribution in [-0.4, -0.2) is 38.7 Å². The smallest absolute Gasteiger partial charge is 0.246 e. The van der Waals surface area contributed by atoms with Gasteiger partial charge in [-0.15, -0.1) is 0 Å². The molecule has 2 aromatic heterocycles. The molecule has 0 aliphatic carbocycles. The number of rotatable bonds is 6. The van der Waals surface area contributed by atoms with E-state index in [1.807, 2.05) is 36.7 Å². The molecule has 4 rings (SSSR count). The van der Waals surface area contributed by atoms with Crippen LogP contribution >= 0.6 is 0 Å². The van der Waals surface area contributed by atoms with Crippen LogP contribution < -0.4 is 15.5 Å². The minimum Gasteiger partial charge on any atom is -0.350 e. The molecule has 0 spiro atoms. The van der Waals surface area contributed by atoms with Gasteiger partial charge in [0.05, 0.1) is 11.9 Å². The number of anilines is 3. The summed E-state index contributed by atoms with van der Waals surface area (Å²) < 4.78 is 14.9. The Bertz CT molecular complexity index is 1060. The maximum absolute atomic E-state index is 13.0. The number of amides is 1. The quantitative estimate of drug-likeness (QED) is 0.651. The monoisotopic (exact) mass is 409 g/mol. The van der Waals surface area contributed by atoms with Crippen LogP contribution in [0.4, 0.5) is 21.8 Å². The van der Waals surface area contributed by atoms with Gasteiger partial charge in [0.2, 0.25) is 11.9 Å². The van der Waals surface area contributed by atoms with Gasteiger partial charge < -0.3 is 15.5 Å². The van der Waals surface area contributed by atoms with Crippen LogP contribution in [0.1, 0.15) is 23.7 Å². The third-order valence-electron chi connectivity index (χ3n) is 5.29. The number of benzene rings is 1. The van der Waals surface area contributed by atoms with E-state index in [1.165, 1.54) is 12.1 Å². The number of carbonyl (C=O) groups is 1. The first-order valence-corrected chi connectivity index (χ1v) is 9.82. The normalized spacial score (nSPS) is 15.7. The molecular weight excluding hydrogens is 385 g/mol. The zero-order chi connectivity index (χ0) is 21.3. The number of nitrogens with one attached hydrogen (secondary N) is 2. The van der Waals surface area contributed by atoms with Crippen LogP contribution in [0.3, 0.4) is 0 Å². The lowest BCUT2D eigenvalue weighted by molar-refractivity contribution is -0.117. The Morgan fingerprint density at radius 2 is 1.97 bits per heavy atom. The lowest BCUT2D eigenvalue weighted by atomic mass is 10.1. The Balaban J connectivity index is 1.39. The number of fused-ring (bicyclic) bond motifs is 1. The van der Waals surface area contributed by atoms with Crippen molar-refractivity contribution in [3.8, 4) is 0 Å². The van der Waals surface area contributed by atoms with Crippen molar-refractivity contribution < 1.29 is 9.18 Å². The molecule has 30 heavy (non-hydrogen) atoms. The highest BCUT2D eigenvalue weighted by molar-refractivity contribution is 6.03. The maximum Gasteiger partial charge on any atom is 0.246 e. The van der Waals surface area contributed by atoms with Crippen molar-refractivity contribution in [3.63, 3.8) is 0 Å². The summed E-state index contributed by atoms with van der Waals surface area (Å²) in [5.41, 5.74) is 3.43. The molecule has 2 N–H and O–H groups in total. The Hall–Kier alpha value is -3.49. The second-order valence-electron chi connectivity index (χ2n) is 7.45. The highest BCUT2D eigenvalue weighted by Gasteiger charge is 2.30. The lowest BCUT2D eigenvalue weighted by Gasteiger charge is -2.32. The minimum atomic E-state index is -0.293. The van der Waals surface area contributed by atoms with E-state index < -0.39 is 0 Å². The zero-order valence-corrected chi connectivity index (χ0v) is 17.2. The first kappa shape index (κ1) is 19.8. The van der Waals surface area contributed by atoms with Gasteiger partial charge in [-0.05, 0) is 38.0 Å². The summed E-state index contributed by atoms with van der Waals surface area (Å²) >= 11 is 0. The number of aryl methyl sites for hydroxylation is 3. The van der Waals surface area contributed by atoms with E-state index >= 15 is 0 Å². The fourth-order valence-electron chi connectivity index (χ4n) is 3.32. The Morgan fingerprint density at radius 1 is 1.20 bits per heavy atom. The number of aromatic nitrogens is 4. The zero-order valence-electron chi connectivity index (χ0n) is 17.2. The predicted molar refractivity (Wildman–Crippen MR) is 113 cm³/mol. The highest BCUT2D eigenvalue weighted by atomic mass is 19.1. The number of halogens is 1. The minimum absolute atomic E-state index is 0.0644. The molecule has 1 amide bonds. The molecule has 0 bridgehead atoms. The van der Waals surface area contributed by atoms with Crippen molar-refractivity contribution in [3.05, 3.63) is 59.3 Å². The van der Waals surface area contributed by atoms with Crippen LogP contribution in [0.15, 0.2) is 36.7 Å². The molecule has 0 radical (unpaired) electrons. The maximum atomic E-state index is 13.0. The molecule has 3 aromatic rings. The van der Waals surface area contributed by atoms with Crippen LogP contribution in [0, 0.1) is 12.7 Å². The summed E-state index contributed by atoms with van der Waals surface area (Å²) in [5, 5.41) is 10.5. The van der Waals surface area contributed by atoms with E-state index in [-0.39, 0.29) is 17.8 Å². The van der Waals surface area contributed by atoms with Gasteiger partial charge in [-0.3, -0.25) is 9.48 Å². The number of carbonyl (C=O) groups excluding carboxylic acids is 1. The summed E-state index contributed by atoms with van der Waals surface area (Å²) in [6.07, 6.45) is 4.55. The van der Waals surface area contributed by atoms with E-state index in [9.17, 15) is 9.18 Å². The van der Waals surface area contributed by atoms with E-state index in [0.29, 0.717) is 36.2 Å². The van der Waals surface area contributed by atoms with Crippen LogP contribution in [0.2, 0.25) is 0 Å². The van der Waals surface area contributed by atoms with Gasteiger partial charge in [-0.25, -0.2) is 9.37 Å². The number of nitrogens with zero attached hydrogens (tertiary/aromatic N) is 5. The topological polar surface area (TPSA) is 88.0 Å². The molecule has 156 valence electrons. The molecule has 3 heterocycles. The third-order valence-corrected chi connectivity index (χ3v) is 5.29. The Morgan fingerprint density at radius 3 is 2.73 bits per heavy atom. The summed E-state index contributed by atoms with van der Waals surface area (Å²) in [6.45, 7) is 4.93. The van der Waals surface area contributed by atoms with Crippen LogP contribution in [0.5, 0.6) is 0 Å². The fraction of sp³-hybridized carbons (Fsp3) is 0.333. The molecule has 0 fully saturated rings. The van der Waals surface area contributed by atoms with Gasteiger partial charge in [-0.1, -0.05) is 12.1 Å². The third kappa shape index (κ3) is 4.10. The summed E-state index contributed by atoms with van der Waals surface area (Å²) in [4.78, 5) is 22.9. The Labute approximate surface area is 174 Å². The van der Waals surface area contributed by atoms with E-state index in [0.717, 1.165) is 17.5 Å². The molecule has 1 atom stereocenters. The largest absolute Gasteiger partial charge is 0.350 e. The summed E-state index contributed by atoms with van der Waals surface area (Å²) in [5.74, 6) is 0.909. The van der Waals surface area contributed by atoms with E-state index in [2.05, 4.69) is 25.7 Å². The molecule has 8 nitrogen and oxygen atoms in total. The number of likely N-dealkylation sites (N-methyl/N-ethyl adjacent to an activating group) is 1. The number of hydrogen-bond acceptors (Lipinski definition) is 6. The van der Waals surface area contributed by atoms with Crippen LogP contribution in [-0.2, 0) is 24.3 Å². The average Bonchev–Trinajstić information content (AvgIpc) is 3.19. The van der Waals surface area contributed by atoms with Crippen molar-refractivity contribution in [2.24, 2.45) is 0 Å². The predicted octanol–water partition coefficient (Wildman–Crippen LogP) is 2.75. The van der Waals surface area contributed by atoms with Crippen molar-refractivity contribution in [2.75, 3.05) is 22.6 Å². The van der Waals surface area contributed by atoms with Crippen molar-refractivity contribution in [1.29, 1.82) is 0 Å². The summed E-state index contributed by atoms with van der Waals surface area (Å²) in [6, 6.07) is 6.23. The van der Waals surface area contributed by atoms with Gasteiger partial charge in [0.15, 0.2) is 5.82 Å². The standard InChI is InChI=1S/C21H24FN7O/c1-13-18-19(28(3)14(2)20(30)26-18)27-21(25-13)23-10-16-11-24-29(12-16)9-8-15-4-6-17(22)7-5-15/h4-7,11-12,14H,8-10H2,1-3H3,(H,26,30)(H,23,25,27)/t14-/m0/s1. The van der Waals surface area contributed by atoms with E-state index in [1.54, 1.807) is 18.3 Å². The molecule has 0 saturated heterocycles. The summed E-state index contributed by atoms with van der Waals surface area (Å²) in [7, 11) is 1.85. The molecule has 1 aliphatic rings. The Kier molecular flexibility index (Phi) is 5.35.